The first-order valence-electron chi connectivity index (χ1n) is 5.36. The van der Waals surface area contributed by atoms with Gasteiger partial charge in [-0.2, -0.15) is 5.10 Å². The fourth-order valence-electron chi connectivity index (χ4n) is 1.69. The van der Waals surface area contributed by atoms with Crippen molar-refractivity contribution in [1.29, 1.82) is 0 Å². The fourth-order valence-corrected chi connectivity index (χ4v) is 2.76. The summed E-state index contributed by atoms with van der Waals surface area (Å²) in [5.41, 5.74) is 2.90. The molecule has 6 heteroatoms. The summed E-state index contributed by atoms with van der Waals surface area (Å²) in [6.45, 7) is 2.57. The third-order valence-corrected chi connectivity index (χ3v) is 4.02. The quantitative estimate of drug-likeness (QED) is 0.890. The van der Waals surface area contributed by atoms with Gasteiger partial charge < -0.3 is 5.32 Å². The van der Waals surface area contributed by atoms with Crippen LogP contribution in [0.3, 0.4) is 0 Å². The Bertz CT molecular complexity index is 581. The van der Waals surface area contributed by atoms with E-state index in [1.54, 1.807) is 4.68 Å². The molecule has 0 unspecified atom stereocenters. The number of hydrogen-bond donors (Lipinski definition) is 1. The smallest absolute Gasteiger partial charge is 0.131 e. The standard InChI is InChI=1S/C12H12BrCl2N3/c1-7-9(12(15)18(2)17-7)6-16-11-4-3-8(14)5-10(11)13/h3-5,16H,6H2,1-2H3. The number of rotatable bonds is 3. The number of anilines is 1. The van der Waals surface area contributed by atoms with Gasteiger partial charge in [0, 0.05) is 34.3 Å². The predicted octanol–water partition coefficient (Wildman–Crippen LogP) is 4.41. The molecule has 3 nitrogen and oxygen atoms in total. The molecule has 0 spiro atoms. The first-order chi connectivity index (χ1) is 8.49. The third kappa shape index (κ3) is 2.82. The molecule has 1 heterocycles. The van der Waals surface area contributed by atoms with Crippen molar-refractivity contribution in [2.24, 2.45) is 7.05 Å². The van der Waals surface area contributed by atoms with Crippen molar-refractivity contribution in [3.8, 4) is 0 Å². The van der Waals surface area contributed by atoms with E-state index in [0.717, 1.165) is 21.4 Å². The van der Waals surface area contributed by atoms with Gasteiger partial charge in [-0.15, -0.1) is 0 Å². The maximum Gasteiger partial charge on any atom is 0.131 e. The van der Waals surface area contributed by atoms with Crippen molar-refractivity contribution < 1.29 is 0 Å². The Morgan fingerprint density at radius 2 is 2.11 bits per heavy atom. The average molecular weight is 349 g/mol. The molecule has 0 saturated heterocycles. The third-order valence-electron chi connectivity index (χ3n) is 2.66. The summed E-state index contributed by atoms with van der Waals surface area (Å²) in [5, 5.41) is 8.93. The molecule has 0 aliphatic heterocycles. The van der Waals surface area contributed by atoms with Gasteiger partial charge in [-0.1, -0.05) is 23.2 Å². The van der Waals surface area contributed by atoms with Gasteiger partial charge in [0.15, 0.2) is 0 Å². The van der Waals surface area contributed by atoms with E-state index in [1.165, 1.54) is 0 Å². The van der Waals surface area contributed by atoms with Crippen LogP contribution >= 0.6 is 39.1 Å². The summed E-state index contributed by atoms with van der Waals surface area (Å²) in [6, 6.07) is 5.61. The lowest BCUT2D eigenvalue weighted by atomic mass is 10.2. The van der Waals surface area contributed by atoms with Crippen LogP contribution in [0.15, 0.2) is 22.7 Å². The molecule has 18 heavy (non-hydrogen) atoms. The minimum atomic E-state index is 0.624. The van der Waals surface area contributed by atoms with Crippen LogP contribution in [0.2, 0.25) is 10.2 Å². The van der Waals surface area contributed by atoms with Gasteiger partial charge in [0.25, 0.3) is 0 Å². The van der Waals surface area contributed by atoms with E-state index in [-0.39, 0.29) is 0 Å². The van der Waals surface area contributed by atoms with Gasteiger partial charge in [0.05, 0.1) is 5.69 Å². The summed E-state index contributed by atoms with van der Waals surface area (Å²) in [7, 11) is 1.83. The largest absolute Gasteiger partial charge is 0.380 e. The van der Waals surface area contributed by atoms with Crippen LogP contribution in [0.4, 0.5) is 5.69 Å². The molecule has 0 aliphatic carbocycles. The molecule has 0 radical (unpaired) electrons. The molecule has 0 fully saturated rings. The molecular weight excluding hydrogens is 337 g/mol. The van der Waals surface area contributed by atoms with Crippen molar-refractivity contribution >= 4 is 44.8 Å². The topological polar surface area (TPSA) is 29.9 Å². The molecule has 0 aliphatic rings. The predicted molar refractivity (Wildman–Crippen MR) is 79.4 cm³/mol. The molecular formula is C12H12BrCl2N3. The molecule has 1 aromatic carbocycles. The normalized spacial score (nSPS) is 10.7. The summed E-state index contributed by atoms with van der Waals surface area (Å²) in [4.78, 5) is 0. The molecule has 0 saturated carbocycles. The maximum absolute atomic E-state index is 6.17. The van der Waals surface area contributed by atoms with Gasteiger partial charge in [0.1, 0.15) is 5.15 Å². The first kappa shape index (κ1) is 13.7. The second-order valence-electron chi connectivity index (χ2n) is 3.96. The number of nitrogens with one attached hydrogen (secondary N) is 1. The average Bonchev–Trinajstić information content (AvgIpc) is 2.53. The molecule has 1 aromatic heterocycles. The highest BCUT2D eigenvalue weighted by Crippen LogP contribution is 2.27. The Morgan fingerprint density at radius 3 is 2.67 bits per heavy atom. The lowest BCUT2D eigenvalue weighted by molar-refractivity contribution is 0.757. The Hall–Kier alpha value is -0.710. The minimum Gasteiger partial charge on any atom is -0.380 e. The Balaban J connectivity index is 2.16. The number of hydrogen-bond acceptors (Lipinski definition) is 2. The van der Waals surface area contributed by atoms with Gasteiger partial charge in [0.2, 0.25) is 0 Å². The zero-order chi connectivity index (χ0) is 13.3. The highest BCUT2D eigenvalue weighted by Gasteiger charge is 2.11. The monoisotopic (exact) mass is 347 g/mol. The lowest BCUT2D eigenvalue weighted by Gasteiger charge is -2.08. The van der Waals surface area contributed by atoms with Crippen molar-refractivity contribution in [3.05, 3.63) is 44.1 Å². The Labute approximate surface area is 124 Å². The summed E-state index contributed by atoms with van der Waals surface area (Å²) in [6.07, 6.45) is 0. The van der Waals surface area contributed by atoms with Crippen molar-refractivity contribution in [2.75, 3.05) is 5.32 Å². The van der Waals surface area contributed by atoms with Gasteiger partial charge in [-0.3, -0.25) is 4.68 Å². The van der Waals surface area contributed by atoms with Crippen LogP contribution in [0.25, 0.3) is 0 Å². The molecule has 0 bridgehead atoms. The summed E-state index contributed by atoms with van der Waals surface area (Å²) < 4.78 is 2.60. The molecule has 1 N–H and O–H groups in total. The van der Waals surface area contributed by atoms with Crippen LogP contribution in [0.1, 0.15) is 11.3 Å². The summed E-state index contributed by atoms with van der Waals surface area (Å²) in [5.74, 6) is 0. The SMILES string of the molecule is Cc1nn(C)c(Cl)c1CNc1ccc(Cl)cc1Br. The van der Waals surface area contributed by atoms with E-state index in [4.69, 9.17) is 23.2 Å². The number of aromatic nitrogens is 2. The van der Waals surface area contributed by atoms with Crippen molar-refractivity contribution in [1.82, 2.24) is 9.78 Å². The van der Waals surface area contributed by atoms with Gasteiger partial charge in [-0.05, 0) is 41.1 Å². The maximum atomic E-state index is 6.17. The second-order valence-corrected chi connectivity index (χ2v) is 5.60. The zero-order valence-electron chi connectivity index (χ0n) is 9.97. The highest BCUT2D eigenvalue weighted by atomic mass is 79.9. The Kier molecular flexibility index (Phi) is 4.20. The van der Waals surface area contributed by atoms with Crippen molar-refractivity contribution in [2.45, 2.75) is 13.5 Å². The molecule has 0 amide bonds. The Morgan fingerprint density at radius 1 is 1.39 bits per heavy atom. The fraction of sp³-hybridized carbons (Fsp3) is 0.250. The number of halogens is 3. The van der Waals surface area contributed by atoms with E-state index < -0.39 is 0 Å². The van der Waals surface area contributed by atoms with E-state index in [0.29, 0.717) is 16.7 Å². The highest BCUT2D eigenvalue weighted by molar-refractivity contribution is 9.10. The first-order valence-corrected chi connectivity index (χ1v) is 6.91. The lowest BCUT2D eigenvalue weighted by Crippen LogP contribution is -2.01. The van der Waals surface area contributed by atoms with E-state index in [1.807, 2.05) is 32.2 Å². The van der Waals surface area contributed by atoms with Crippen LogP contribution < -0.4 is 5.32 Å². The number of benzene rings is 1. The molecule has 0 atom stereocenters. The second kappa shape index (κ2) is 5.51. The van der Waals surface area contributed by atoms with Crippen LogP contribution in [0.5, 0.6) is 0 Å². The van der Waals surface area contributed by atoms with E-state index in [2.05, 4.69) is 26.3 Å². The van der Waals surface area contributed by atoms with E-state index >= 15 is 0 Å². The number of nitrogens with zero attached hydrogens (tertiary/aromatic N) is 2. The van der Waals surface area contributed by atoms with Crippen LogP contribution in [0, 0.1) is 6.92 Å². The molecule has 2 aromatic rings. The number of aryl methyl sites for hydroxylation is 2. The van der Waals surface area contributed by atoms with Crippen LogP contribution in [-0.4, -0.2) is 9.78 Å². The van der Waals surface area contributed by atoms with Crippen LogP contribution in [-0.2, 0) is 13.6 Å². The van der Waals surface area contributed by atoms with Crippen molar-refractivity contribution in [3.63, 3.8) is 0 Å². The molecule has 2 rings (SSSR count). The zero-order valence-corrected chi connectivity index (χ0v) is 13.1. The van der Waals surface area contributed by atoms with E-state index in [9.17, 15) is 0 Å². The van der Waals surface area contributed by atoms with Gasteiger partial charge >= 0.3 is 0 Å². The minimum absolute atomic E-state index is 0.624. The van der Waals surface area contributed by atoms with Gasteiger partial charge in [-0.25, -0.2) is 0 Å². The summed E-state index contributed by atoms with van der Waals surface area (Å²) >= 11 is 15.5. The molecule has 96 valence electrons.